The number of benzene rings is 1. The van der Waals surface area contributed by atoms with Gasteiger partial charge in [-0.2, -0.15) is 0 Å². The Morgan fingerprint density at radius 3 is 2.80 bits per heavy atom. The second-order valence-corrected chi connectivity index (χ2v) is 4.87. The van der Waals surface area contributed by atoms with Crippen molar-refractivity contribution < 1.29 is 9.90 Å². The third-order valence-electron chi connectivity index (χ3n) is 3.39. The molecule has 20 heavy (non-hydrogen) atoms. The fraction of sp³-hybridized carbons (Fsp3) is 0.429. The van der Waals surface area contributed by atoms with Crippen molar-refractivity contribution in [2.45, 2.75) is 33.2 Å². The van der Waals surface area contributed by atoms with E-state index in [1.54, 1.807) is 4.68 Å². The molecular formula is C14H18N4O2. The van der Waals surface area contributed by atoms with Crippen molar-refractivity contribution in [2.75, 3.05) is 0 Å². The maximum absolute atomic E-state index is 10.8. The van der Waals surface area contributed by atoms with Gasteiger partial charge in [0.15, 0.2) is 5.82 Å². The van der Waals surface area contributed by atoms with Gasteiger partial charge in [0.2, 0.25) is 0 Å². The molecule has 106 valence electrons. The van der Waals surface area contributed by atoms with E-state index in [0.717, 1.165) is 17.5 Å². The number of hydrogen-bond donors (Lipinski definition) is 1. The number of carboxylic acid groups (broad SMARTS) is 1. The lowest BCUT2D eigenvalue weighted by molar-refractivity contribution is -0.138. The van der Waals surface area contributed by atoms with Crippen LogP contribution in [0.2, 0.25) is 0 Å². The van der Waals surface area contributed by atoms with Gasteiger partial charge in [0, 0.05) is 18.5 Å². The standard InChI is InChI=1S/C14H18N4O2/c1-3-11(8-13(19)20)9-18-14(15-16-17-18)12-7-5-4-6-10(12)2/h4-7,11H,3,8-9H2,1-2H3,(H,19,20). The number of rotatable bonds is 6. The Morgan fingerprint density at radius 2 is 2.15 bits per heavy atom. The third-order valence-corrected chi connectivity index (χ3v) is 3.39. The number of nitrogens with zero attached hydrogens (tertiary/aromatic N) is 4. The van der Waals surface area contributed by atoms with Gasteiger partial charge in [0.05, 0.1) is 0 Å². The minimum absolute atomic E-state index is 0.0266. The van der Waals surface area contributed by atoms with Gasteiger partial charge in [0.25, 0.3) is 0 Å². The van der Waals surface area contributed by atoms with E-state index in [2.05, 4.69) is 15.5 Å². The topological polar surface area (TPSA) is 80.9 Å². The van der Waals surface area contributed by atoms with Gasteiger partial charge in [0.1, 0.15) is 0 Å². The fourth-order valence-corrected chi connectivity index (χ4v) is 2.17. The lowest BCUT2D eigenvalue weighted by atomic mass is 10.0. The molecule has 6 heteroatoms. The van der Waals surface area contributed by atoms with Crippen LogP contribution in [0.25, 0.3) is 11.4 Å². The van der Waals surface area contributed by atoms with E-state index in [9.17, 15) is 4.79 Å². The van der Waals surface area contributed by atoms with E-state index < -0.39 is 5.97 Å². The number of hydrogen-bond acceptors (Lipinski definition) is 4. The molecule has 0 spiro atoms. The third kappa shape index (κ3) is 3.20. The molecule has 0 fully saturated rings. The van der Waals surface area contributed by atoms with E-state index in [1.165, 1.54) is 0 Å². The highest BCUT2D eigenvalue weighted by molar-refractivity contribution is 5.67. The number of aromatic nitrogens is 4. The number of carboxylic acids is 1. The molecule has 0 aliphatic rings. The largest absolute Gasteiger partial charge is 0.481 e. The first kappa shape index (κ1) is 14.2. The smallest absolute Gasteiger partial charge is 0.303 e. The SMILES string of the molecule is CCC(CC(=O)O)Cn1nnnc1-c1ccccc1C. The maximum Gasteiger partial charge on any atom is 0.303 e. The summed E-state index contributed by atoms with van der Waals surface area (Å²) >= 11 is 0. The Labute approximate surface area is 117 Å². The van der Waals surface area contributed by atoms with Gasteiger partial charge >= 0.3 is 5.97 Å². The number of carbonyl (C=O) groups is 1. The first-order valence-electron chi connectivity index (χ1n) is 6.65. The molecule has 1 aromatic carbocycles. The van der Waals surface area contributed by atoms with Gasteiger partial charge in [-0.15, -0.1) is 5.10 Å². The van der Waals surface area contributed by atoms with Crippen LogP contribution in [0.1, 0.15) is 25.3 Å². The molecule has 1 unspecified atom stereocenters. The van der Waals surface area contributed by atoms with E-state index in [-0.39, 0.29) is 12.3 Å². The molecule has 1 aromatic heterocycles. The van der Waals surface area contributed by atoms with Crippen LogP contribution in [0.3, 0.4) is 0 Å². The Hall–Kier alpha value is -2.24. The molecule has 2 rings (SSSR count). The molecule has 2 aromatic rings. The molecule has 0 aliphatic carbocycles. The van der Waals surface area contributed by atoms with E-state index in [4.69, 9.17) is 5.11 Å². The summed E-state index contributed by atoms with van der Waals surface area (Å²) in [6, 6.07) is 7.88. The quantitative estimate of drug-likeness (QED) is 0.872. The van der Waals surface area contributed by atoms with Crippen molar-refractivity contribution in [1.82, 2.24) is 20.2 Å². The summed E-state index contributed by atoms with van der Waals surface area (Å²) in [5, 5.41) is 20.7. The molecular weight excluding hydrogens is 256 g/mol. The maximum atomic E-state index is 10.8. The Kier molecular flexibility index (Phi) is 4.45. The monoisotopic (exact) mass is 274 g/mol. The van der Waals surface area contributed by atoms with Gasteiger partial charge in [-0.1, -0.05) is 37.6 Å². The van der Waals surface area contributed by atoms with E-state index >= 15 is 0 Å². The zero-order chi connectivity index (χ0) is 14.5. The van der Waals surface area contributed by atoms with Gasteiger partial charge in [-0.3, -0.25) is 4.79 Å². The highest BCUT2D eigenvalue weighted by atomic mass is 16.4. The molecule has 1 atom stereocenters. The molecule has 1 heterocycles. The van der Waals surface area contributed by atoms with Crippen molar-refractivity contribution in [3.63, 3.8) is 0 Å². The zero-order valence-corrected chi connectivity index (χ0v) is 11.7. The average Bonchev–Trinajstić information content (AvgIpc) is 2.86. The van der Waals surface area contributed by atoms with Crippen molar-refractivity contribution >= 4 is 5.97 Å². The second kappa shape index (κ2) is 6.27. The summed E-state index contributed by atoms with van der Waals surface area (Å²) in [5.41, 5.74) is 2.07. The molecule has 0 saturated carbocycles. The summed E-state index contributed by atoms with van der Waals surface area (Å²) in [6.07, 6.45) is 0.906. The minimum atomic E-state index is -0.789. The molecule has 1 N–H and O–H groups in total. The molecule has 0 aliphatic heterocycles. The van der Waals surface area contributed by atoms with Crippen LogP contribution in [0.15, 0.2) is 24.3 Å². The molecule has 6 nitrogen and oxygen atoms in total. The summed E-state index contributed by atoms with van der Waals surface area (Å²) in [6.45, 7) is 4.49. The average molecular weight is 274 g/mol. The van der Waals surface area contributed by atoms with Crippen molar-refractivity contribution in [1.29, 1.82) is 0 Å². The van der Waals surface area contributed by atoms with Crippen molar-refractivity contribution in [3.05, 3.63) is 29.8 Å². The number of tetrazole rings is 1. The molecule has 0 saturated heterocycles. The summed E-state index contributed by atoms with van der Waals surface area (Å²) < 4.78 is 1.69. The predicted octanol–water partition coefficient (Wildman–Crippen LogP) is 2.15. The van der Waals surface area contributed by atoms with Crippen LogP contribution in [-0.2, 0) is 11.3 Å². The Morgan fingerprint density at radius 1 is 1.40 bits per heavy atom. The van der Waals surface area contributed by atoms with Gasteiger partial charge in [-0.25, -0.2) is 4.68 Å². The summed E-state index contributed by atoms with van der Waals surface area (Å²) in [5.74, 6) is -0.0759. The first-order chi connectivity index (χ1) is 9.61. The normalized spacial score (nSPS) is 12.3. The van der Waals surface area contributed by atoms with Crippen LogP contribution >= 0.6 is 0 Å². The number of aryl methyl sites for hydroxylation is 1. The summed E-state index contributed by atoms with van der Waals surface area (Å²) in [4.78, 5) is 10.8. The van der Waals surface area contributed by atoms with Gasteiger partial charge in [-0.05, 0) is 28.8 Å². The van der Waals surface area contributed by atoms with Crippen molar-refractivity contribution in [3.8, 4) is 11.4 Å². The van der Waals surface area contributed by atoms with Crippen LogP contribution in [-0.4, -0.2) is 31.3 Å². The highest BCUT2D eigenvalue weighted by Crippen LogP contribution is 2.21. The predicted molar refractivity (Wildman–Crippen MR) is 74.0 cm³/mol. The van der Waals surface area contributed by atoms with Crippen molar-refractivity contribution in [2.24, 2.45) is 5.92 Å². The summed E-state index contributed by atoms with van der Waals surface area (Å²) in [7, 11) is 0. The number of aliphatic carboxylic acids is 1. The lowest BCUT2D eigenvalue weighted by Gasteiger charge is -2.13. The van der Waals surface area contributed by atoms with Crippen LogP contribution in [0.5, 0.6) is 0 Å². The molecule has 0 radical (unpaired) electrons. The molecule has 0 amide bonds. The van der Waals surface area contributed by atoms with E-state index in [0.29, 0.717) is 12.4 Å². The minimum Gasteiger partial charge on any atom is -0.481 e. The molecule has 0 bridgehead atoms. The van der Waals surface area contributed by atoms with E-state index in [1.807, 2.05) is 38.1 Å². The van der Waals surface area contributed by atoms with Crippen LogP contribution in [0.4, 0.5) is 0 Å². The Balaban J connectivity index is 2.25. The zero-order valence-electron chi connectivity index (χ0n) is 11.7. The second-order valence-electron chi connectivity index (χ2n) is 4.87. The first-order valence-corrected chi connectivity index (χ1v) is 6.65. The highest BCUT2D eigenvalue weighted by Gasteiger charge is 2.17. The lowest BCUT2D eigenvalue weighted by Crippen LogP contribution is -2.16. The van der Waals surface area contributed by atoms with Crippen LogP contribution < -0.4 is 0 Å². The van der Waals surface area contributed by atoms with Crippen LogP contribution in [0, 0.1) is 12.8 Å². The Bertz CT molecular complexity index is 594. The fourth-order valence-electron chi connectivity index (χ4n) is 2.17. The van der Waals surface area contributed by atoms with Gasteiger partial charge < -0.3 is 5.11 Å².